The van der Waals surface area contributed by atoms with Gasteiger partial charge in [-0.1, -0.05) is 18.9 Å². The molecule has 1 saturated heterocycles. The van der Waals surface area contributed by atoms with E-state index in [1.165, 1.54) is 30.3 Å². The summed E-state index contributed by atoms with van der Waals surface area (Å²) in [6.07, 6.45) is 4.57. The summed E-state index contributed by atoms with van der Waals surface area (Å²) in [7, 11) is 0. The number of hydrogen-bond donors (Lipinski definition) is 2. The molecule has 3 amide bonds. The first kappa shape index (κ1) is 26.2. The lowest BCUT2D eigenvalue weighted by atomic mass is 9.88. The quantitative estimate of drug-likeness (QED) is 0.453. The average Bonchev–Trinajstić information content (AvgIpc) is 2.90. The molecule has 37 heavy (non-hydrogen) atoms. The van der Waals surface area contributed by atoms with Crippen LogP contribution in [0.3, 0.4) is 0 Å². The van der Waals surface area contributed by atoms with Crippen molar-refractivity contribution in [2.45, 2.75) is 57.5 Å². The lowest BCUT2D eigenvalue weighted by Crippen LogP contribution is -2.55. The molecule has 9 nitrogen and oxygen atoms in total. The van der Waals surface area contributed by atoms with Crippen molar-refractivity contribution >= 4 is 23.4 Å². The van der Waals surface area contributed by atoms with Gasteiger partial charge in [0, 0.05) is 47.9 Å². The Bertz CT molecular complexity index is 1190. The van der Waals surface area contributed by atoms with Gasteiger partial charge in [0.05, 0.1) is 10.8 Å². The number of halogens is 1. The van der Waals surface area contributed by atoms with E-state index in [1.54, 1.807) is 24.0 Å². The van der Waals surface area contributed by atoms with E-state index in [1.807, 2.05) is 0 Å². The van der Waals surface area contributed by atoms with Crippen molar-refractivity contribution in [3.63, 3.8) is 0 Å². The van der Waals surface area contributed by atoms with Gasteiger partial charge in [-0.25, -0.2) is 4.39 Å². The van der Waals surface area contributed by atoms with Gasteiger partial charge >= 0.3 is 0 Å². The fourth-order valence-corrected chi connectivity index (χ4v) is 5.13. The van der Waals surface area contributed by atoms with Gasteiger partial charge in [0.2, 0.25) is 5.91 Å². The van der Waals surface area contributed by atoms with Crippen LogP contribution < -0.4 is 10.6 Å². The van der Waals surface area contributed by atoms with Gasteiger partial charge in [-0.15, -0.1) is 0 Å². The monoisotopic (exact) mass is 510 g/mol. The summed E-state index contributed by atoms with van der Waals surface area (Å²) in [5, 5.41) is 17.4. The predicted octanol–water partition coefficient (Wildman–Crippen LogP) is 3.75. The third-order valence-electron chi connectivity index (χ3n) is 7.25. The number of benzene rings is 2. The normalized spacial score (nSPS) is 21.7. The molecule has 3 atom stereocenters. The second kappa shape index (κ2) is 11.5. The minimum atomic E-state index is -0.506. The van der Waals surface area contributed by atoms with Crippen LogP contribution in [0, 0.1) is 28.8 Å². The summed E-state index contributed by atoms with van der Waals surface area (Å²) in [5.74, 6) is -1.63. The zero-order chi connectivity index (χ0) is 26.5. The van der Waals surface area contributed by atoms with Crippen molar-refractivity contribution in [3.05, 3.63) is 75.1 Å². The van der Waals surface area contributed by atoms with Gasteiger partial charge in [0.1, 0.15) is 5.82 Å². The van der Waals surface area contributed by atoms with E-state index in [9.17, 15) is 28.9 Å². The Morgan fingerprint density at radius 2 is 1.59 bits per heavy atom. The van der Waals surface area contributed by atoms with Crippen molar-refractivity contribution in [1.29, 1.82) is 0 Å². The molecule has 2 N–H and O–H groups in total. The highest BCUT2D eigenvalue weighted by Gasteiger charge is 2.33. The van der Waals surface area contributed by atoms with E-state index >= 15 is 0 Å². The van der Waals surface area contributed by atoms with Crippen LogP contribution >= 0.6 is 0 Å². The number of amides is 3. The Labute approximate surface area is 214 Å². The molecular weight excluding hydrogens is 479 g/mol. The Balaban J connectivity index is 1.38. The fraction of sp³-hybridized carbons (Fsp3) is 0.444. The summed E-state index contributed by atoms with van der Waals surface area (Å²) < 4.78 is 13.2. The molecule has 0 radical (unpaired) electrons. The number of nitro benzene ring substituents is 1. The molecule has 196 valence electrons. The van der Waals surface area contributed by atoms with Crippen LogP contribution in [0.15, 0.2) is 42.5 Å². The zero-order valence-corrected chi connectivity index (χ0v) is 20.7. The molecule has 2 fully saturated rings. The number of hydrogen-bond acceptors (Lipinski definition) is 5. The molecule has 1 aliphatic carbocycles. The second-order valence-corrected chi connectivity index (χ2v) is 9.84. The van der Waals surface area contributed by atoms with Gasteiger partial charge in [-0.2, -0.15) is 0 Å². The third-order valence-corrected chi connectivity index (χ3v) is 7.25. The molecule has 10 heteroatoms. The standard InChI is InChI=1S/C27H31FN4O5/c1-17-8-9-19(15-24(17)32(36)37)27(35)31-14-4-5-20(16-31)26(34)30-23-7-3-2-6-22(23)29-25(33)18-10-12-21(28)13-11-18/h8-13,15,20,22-23H,2-7,14,16H2,1H3,(H,29,33)(H,30,34)/t20?,22-,23-/m1/s1. The van der Waals surface area contributed by atoms with Crippen molar-refractivity contribution in [2.24, 2.45) is 5.92 Å². The first-order valence-corrected chi connectivity index (χ1v) is 12.6. The van der Waals surface area contributed by atoms with Gasteiger partial charge in [-0.05, 0) is 62.9 Å². The minimum Gasteiger partial charge on any atom is -0.351 e. The molecule has 0 spiro atoms. The van der Waals surface area contributed by atoms with Crippen molar-refractivity contribution in [1.82, 2.24) is 15.5 Å². The van der Waals surface area contributed by atoms with Crippen molar-refractivity contribution in [2.75, 3.05) is 13.1 Å². The topological polar surface area (TPSA) is 122 Å². The highest BCUT2D eigenvalue weighted by atomic mass is 19.1. The van der Waals surface area contributed by atoms with E-state index in [0.29, 0.717) is 30.5 Å². The summed E-state index contributed by atoms with van der Waals surface area (Å²) in [6, 6.07) is 9.27. The number of carbonyl (C=O) groups is 3. The number of likely N-dealkylation sites (tertiary alicyclic amines) is 1. The molecule has 0 bridgehead atoms. The SMILES string of the molecule is Cc1ccc(C(=O)N2CCCC(C(=O)N[C@@H]3CCCC[C@H]3NC(=O)c3ccc(F)cc3)C2)cc1[N+](=O)[O-]. The largest absolute Gasteiger partial charge is 0.351 e. The number of carbonyl (C=O) groups excluding carboxylic acids is 3. The van der Waals surface area contributed by atoms with Crippen LogP contribution in [0.1, 0.15) is 64.8 Å². The molecule has 4 rings (SSSR count). The molecule has 1 unspecified atom stereocenters. The van der Waals surface area contributed by atoms with E-state index in [4.69, 9.17) is 0 Å². The van der Waals surface area contributed by atoms with Crippen LogP contribution in [0.4, 0.5) is 10.1 Å². The van der Waals surface area contributed by atoms with E-state index < -0.39 is 16.7 Å². The van der Waals surface area contributed by atoms with Crippen LogP contribution in [0.2, 0.25) is 0 Å². The van der Waals surface area contributed by atoms with Crippen molar-refractivity contribution < 1.29 is 23.7 Å². The number of nitrogens with zero attached hydrogens (tertiary/aromatic N) is 2. The van der Waals surface area contributed by atoms with Crippen LogP contribution in [-0.2, 0) is 4.79 Å². The first-order valence-electron chi connectivity index (χ1n) is 12.6. The Morgan fingerprint density at radius 1 is 0.946 bits per heavy atom. The summed E-state index contributed by atoms with van der Waals surface area (Å²) in [4.78, 5) is 51.3. The third kappa shape index (κ3) is 6.31. The Hall–Kier alpha value is -3.82. The van der Waals surface area contributed by atoms with Crippen LogP contribution in [0.5, 0.6) is 0 Å². The lowest BCUT2D eigenvalue weighted by molar-refractivity contribution is -0.385. The number of rotatable bonds is 6. The molecule has 0 aromatic heterocycles. The summed E-state index contributed by atoms with van der Waals surface area (Å²) in [5.41, 5.74) is 0.957. The fourth-order valence-electron chi connectivity index (χ4n) is 5.13. The smallest absolute Gasteiger partial charge is 0.273 e. The Morgan fingerprint density at radius 3 is 2.27 bits per heavy atom. The zero-order valence-electron chi connectivity index (χ0n) is 20.7. The number of nitro groups is 1. The van der Waals surface area contributed by atoms with E-state index in [2.05, 4.69) is 10.6 Å². The number of nitrogens with one attached hydrogen (secondary N) is 2. The minimum absolute atomic E-state index is 0.108. The van der Waals surface area contributed by atoms with Crippen LogP contribution in [-0.4, -0.2) is 52.7 Å². The lowest BCUT2D eigenvalue weighted by Gasteiger charge is -2.36. The summed E-state index contributed by atoms with van der Waals surface area (Å²) >= 11 is 0. The maximum absolute atomic E-state index is 13.2. The van der Waals surface area contributed by atoms with Gasteiger partial charge in [0.15, 0.2) is 0 Å². The molecule has 2 aromatic rings. The molecule has 1 heterocycles. The Kier molecular flexibility index (Phi) is 8.15. The van der Waals surface area contributed by atoms with Crippen LogP contribution in [0.25, 0.3) is 0 Å². The molecule has 2 aromatic carbocycles. The highest BCUT2D eigenvalue weighted by molar-refractivity contribution is 5.96. The maximum Gasteiger partial charge on any atom is 0.273 e. The van der Waals surface area contributed by atoms with E-state index in [-0.39, 0.29) is 47.6 Å². The molecule has 1 saturated carbocycles. The summed E-state index contributed by atoms with van der Waals surface area (Å²) in [6.45, 7) is 2.32. The molecule has 1 aliphatic heterocycles. The molecule has 2 aliphatic rings. The maximum atomic E-state index is 13.2. The van der Waals surface area contributed by atoms with Gasteiger partial charge < -0.3 is 15.5 Å². The van der Waals surface area contributed by atoms with E-state index in [0.717, 1.165) is 25.7 Å². The number of piperidine rings is 1. The van der Waals surface area contributed by atoms with Gasteiger partial charge in [-0.3, -0.25) is 24.5 Å². The highest BCUT2D eigenvalue weighted by Crippen LogP contribution is 2.25. The predicted molar refractivity (Wildman–Crippen MR) is 135 cm³/mol. The molecular formula is C27H31FN4O5. The first-order chi connectivity index (χ1) is 17.7. The number of aryl methyl sites for hydroxylation is 1. The van der Waals surface area contributed by atoms with Gasteiger partial charge in [0.25, 0.3) is 17.5 Å². The van der Waals surface area contributed by atoms with Crippen molar-refractivity contribution in [3.8, 4) is 0 Å². The average molecular weight is 511 g/mol. The second-order valence-electron chi connectivity index (χ2n) is 9.84.